The van der Waals surface area contributed by atoms with Gasteiger partial charge in [-0.15, -0.1) is 0 Å². The van der Waals surface area contributed by atoms with Crippen LogP contribution in [0.5, 0.6) is 0 Å². The Balaban J connectivity index is 1.47. The minimum atomic E-state index is -0.499. The number of rotatable bonds is 5. The quantitative estimate of drug-likeness (QED) is 0.831. The number of alkyl carbamates (subject to hydrolysis) is 1. The molecule has 0 aliphatic carbocycles. The monoisotopic (exact) mass is 346 g/mol. The molecule has 0 saturated carbocycles. The van der Waals surface area contributed by atoms with Crippen LogP contribution in [0.3, 0.4) is 0 Å². The lowest BCUT2D eigenvalue weighted by Gasteiger charge is -2.45. The van der Waals surface area contributed by atoms with Crippen LogP contribution in [0.25, 0.3) is 0 Å². The van der Waals surface area contributed by atoms with Crippen molar-refractivity contribution in [3.05, 3.63) is 35.9 Å². The lowest BCUT2D eigenvalue weighted by Crippen LogP contribution is -2.64. The fourth-order valence-corrected chi connectivity index (χ4v) is 3.56. The van der Waals surface area contributed by atoms with Gasteiger partial charge in [0.15, 0.2) is 0 Å². The molecule has 0 spiro atoms. The molecule has 3 atom stereocenters. The van der Waals surface area contributed by atoms with Crippen molar-refractivity contribution in [1.82, 2.24) is 10.2 Å². The second-order valence-corrected chi connectivity index (χ2v) is 7.63. The zero-order valence-corrected chi connectivity index (χ0v) is 15.0. The maximum Gasteiger partial charge on any atom is 0.407 e. The van der Waals surface area contributed by atoms with Gasteiger partial charge in [-0.2, -0.15) is 0 Å². The number of fused-ring (bicyclic) bond motifs is 1. The highest BCUT2D eigenvalue weighted by atomic mass is 16.5. The predicted molar refractivity (Wildman–Crippen MR) is 92.9 cm³/mol. The molecular weight excluding hydrogens is 320 g/mol. The summed E-state index contributed by atoms with van der Waals surface area (Å²) in [6.07, 6.45) is 0.383. The number of β-lactam (4-membered cyclic amide) rings is 1. The Kier molecular flexibility index (Phi) is 4.99. The van der Waals surface area contributed by atoms with E-state index >= 15 is 0 Å². The number of ether oxygens (including phenoxy) is 2. The van der Waals surface area contributed by atoms with Gasteiger partial charge < -0.3 is 19.7 Å². The summed E-state index contributed by atoms with van der Waals surface area (Å²) in [5.41, 5.74) is 0.685. The van der Waals surface area contributed by atoms with Gasteiger partial charge in [-0.3, -0.25) is 4.79 Å². The maximum absolute atomic E-state index is 12.2. The molecule has 2 saturated heterocycles. The van der Waals surface area contributed by atoms with Crippen LogP contribution in [-0.4, -0.2) is 47.7 Å². The normalized spacial score (nSPS) is 25.3. The highest BCUT2D eigenvalue weighted by Crippen LogP contribution is 2.38. The van der Waals surface area contributed by atoms with Crippen molar-refractivity contribution >= 4 is 12.0 Å². The first-order chi connectivity index (χ1) is 11.8. The summed E-state index contributed by atoms with van der Waals surface area (Å²) in [5.74, 6) is -0.132. The van der Waals surface area contributed by atoms with E-state index in [0.29, 0.717) is 0 Å². The lowest BCUT2D eigenvalue weighted by molar-refractivity contribution is -0.163. The molecule has 0 radical (unpaired) electrons. The van der Waals surface area contributed by atoms with E-state index < -0.39 is 6.09 Å². The van der Waals surface area contributed by atoms with Crippen LogP contribution in [0.4, 0.5) is 4.79 Å². The Morgan fingerprint density at radius 2 is 2.00 bits per heavy atom. The number of carbonyl (C=O) groups excluding carboxylic acids is 2. The Morgan fingerprint density at radius 3 is 2.68 bits per heavy atom. The Bertz CT molecular complexity index is 626. The van der Waals surface area contributed by atoms with Gasteiger partial charge >= 0.3 is 6.09 Å². The number of hydrogen-bond donors (Lipinski definition) is 1. The molecule has 1 aromatic carbocycles. The van der Waals surface area contributed by atoms with Gasteiger partial charge in [0.05, 0.1) is 23.7 Å². The third kappa shape index (κ3) is 4.12. The van der Waals surface area contributed by atoms with Crippen molar-refractivity contribution in [2.75, 3.05) is 13.1 Å². The minimum Gasteiger partial charge on any atom is -0.445 e. The van der Waals surface area contributed by atoms with Gasteiger partial charge in [0.25, 0.3) is 0 Å². The second kappa shape index (κ2) is 7.04. The Hall–Kier alpha value is -2.08. The van der Waals surface area contributed by atoms with Crippen LogP contribution in [0.1, 0.15) is 32.8 Å². The van der Waals surface area contributed by atoms with Crippen LogP contribution < -0.4 is 5.32 Å². The molecule has 2 amide bonds. The van der Waals surface area contributed by atoms with E-state index in [2.05, 4.69) is 5.32 Å². The standard InChI is InChI=1S/C19H26N2O4/c1-19(2,3)25-15-9-10-21-16(15)14(17(21)22)11-20-18(23)24-12-13-7-5-4-6-8-13/h4-8,14-16H,9-12H2,1-3H3,(H,20,23)/t14-,15-,16+/m0/s1. The number of amides is 2. The number of carbonyl (C=O) groups is 2. The molecule has 2 aliphatic rings. The van der Waals surface area contributed by atoms with Gasteiger partial charge in [-0.25, -0.2) is 4.79 Å². The first-order valence-electron chi connectivity index (χ1n) is 8.78. The van der Waals surface area contributed by atoms with E-state index in [1.165, 1.54) is 0 Å². The van der Waals surface area contributed by atoms with Crippen LogP contribution in [0.2, 0.25) is 0 Å². The average molecular weight is 346 g/mol. The van der Waals surface area contributed by atoms with Crippen molar-refractivity contribution in [2.45, 2.75) is 51.5 Å². The molecule has 2 fully saturated rings. The SMILES string of the molecule is CC(C)(C)O[C@H]1CCN2C(=O)[C@@H](CNC(=O)OCc3ccccc3)[C@H]12. The number of nitrogens with zero attached hydrogens (tertiary/aromatic N) is 1. The molecule has 3 rings (SSSR count). The number of benzene rings is 1. The van der Waals surface area contributed by atoms with E-state index in [9.17, 15) is 9.59 Å². The summed E-state index contributed by atoms with van der Waals surface area (Å²) < 4.78 is 11.3. The molecule has 0 unspecified atom stereocenters. The lowest BCUT2D eigenvalue weighted by atomic mass is 9.86. The first kappa shape index (κ1) is 17.7. The second-order valence-electron chi connectivity index (χ2n) is 7.63. The zero-order chi connectivity index (χ0) is 18.0. The molecule has 136 valence electrons. The molecule has 6 nitrogen and oxygen atoms in total. The zero-order valence-electron chi connectivity index (χ0n) is 15.0. The molecule has 0 aromatic heterocycles. The van der Waals surface area contributed by atoms with Gasteiger partial charge in [0, 0.05) is 13.1 Å². The largest absolute Gasteiger partial charge is 0.445 e. The molecule has 6 heteroatoms. The summed E-state index contributed by atoms with van der Waals surface area (Å²) in [4.78, 5) is 26.0. The van der Waals surface area contributed by atoms with E-state index in [-0.39, 0.29) is 42.7 Å². The summed E-state index contributed by atoms with van der Waals surface area (Å²) in [6.45, 7) is 7.30. The molecule has 1 aromatic rings. The topological polar surface area (TPSA) is 67.9 Å². The predicted octanol–water partition coefficient (Wildman–Crippen LogP) is 2.33. The molecule has 2 heterocycles. The smallest absolute Gasteiger partial charge is 0.407 e. The fourth-order valence-electron chi connectivity index (χ4n) is 3.56. The summed E-state index contributed by atoms with van der Waals surface area (Å²) >= 11 is 0. The van der Waals surface area contributed by atoms with E-state index in [1.807, 2.05) is 56.0 Å². The summed E-state index contributed by atoms with van der Waals surface area (Å²) in [6, 6.07) is 9.55. The van der Waals surface area contributed by atoms with Crippen LogP contribution in [0, 0.1) is 5.92 Å². The van der Waals surface area contributed by atoms with Gasteiger partial charge in [-0.1, -0.05) is 30.3 Å². The Labute approximate surface area is 148 Å². The minimum absolute atomic E-state index is 0.0323. The van der Waals surface area contributed by atoms with Crippen LogP contribution in [0.15, 0.2) is 30.3 Å². The summed E-state index contributed by atoms with van der Waals surface area (Å²) in [5, 5.41) is 2.72. The third-order valence-corrected chi connectivity index (χ3v) is 4.59. The van der Waals surface area contributed by atoms with Crippen molar-refractivity contribution < 1.29 is 19.1 Å². The van der Waals surface area contributed by atoms with Gasteiger partial charge in [-0.05, 0) is 32.8 Å². The Morgan fingerprint density at radius 1 is 1.28 bits per heavy atom. The molecular formula is C19H26N2O4. The van der Waals surface area contributed by atoms with E-state index in [1.54, 1.807) is 0 Å². The fraction of sp³-hybridized carbons (Fsp3) is 0.579. The van der Waals surface area contributed by atoms with E-state index in [0.717, 1.165) is 18.5 Å². The van der Waals surface area contributed by atoms with Crippen molar-refractivity contribution in [1.29, 1.82) is 0 Å². The van der Waals surface area contributed by atoms with Crippen molar-refractivity contribution in [2.24, 2.45) is 5.92 Å². The highest BCUT2D eigenvalue weighted by Gasteiger charge is 2.55. The third-order valence-electron chi connectivity index (χ3n) is 4.59. The van der Waals surface area contributed by atoms with Crippen LogP contribution in [-0.2, 0) is 20.9 Å². The van der Waals surface area contributed by atoms with Crippen LogP contribution >= 0.6 is 0 Å². The van der Waals surface area contributed by atoms with Crippen molar-refractivity contribution in [3.8, 4) is 0 Å². The highest BCUT2D eigenvalue weighted by molar-refractivity contribution is 5.87. The number of nitrogens with one attached hydrogen (secondary N) is 1. The van der Waals surface area contributed by atoms with Gasteiger partial charge in [0.1, 0.15) is 6.61 Å². The maximum atomic E-state index is 12.2. The molecule has 25 heavy (non-hydrogen) atoms. The van der Waals surface area contributed by atoms with Crippen molar-refractivity contribution in [3.63, 3.8) is 0 Å². The van der Waals surface area contributed by atoms with Gasteiger partial charge in [0.2, 0.25) is 5.91 Å². The molecule has 1 N–H and O–H groups in total. The summed E-state index contributed by atoms with van der Waals surface area (Å²) in [7, 11) is 0. The van der Waals surface area contributed by atoms with E-state index in [4.69, 9.17) is 9.47 Å². The molecule has 2 aliphatic heterocycles. The number of hydrogen-bond acceptors (Lipinski definition) is 4. The first-order valence-corrected chi connectivity index (χ1v) is 8.78. The molecule has 0 bridgehead atoms. The average Bonchev–Trinajstić information content (AvgIpc) is 2.91.